The zero-order valence-corrected chi connectivity index (χ0v) is 12.9. The molecule has 2 aromatic rings. The predicted octanol–water partition coefficient (Wildman–Crippen LogP) is 3.64. The number of hydrogen-bond acceptors (Lipinski definition) is 4. The van der Waals surface area contributed by atoms with E-state index in [1.165, 1.54) is 17.0 Å². The molecule has 0 fully saturated rings. The van der Waals surface area contributed by atoms with Crippen molar-refractivity contribution in [1.29, 1.82) is 0 Å². The molecule has 20 heavy (non-hydrogen) atoms. The topological polar surface area (TPSA) is 58.6 Å². The fourth-order valence-corrected chi connectivity index (χ4v) is 3.69. The summed E-state index contributed by atoms with van der Waals surface area (Å²) in [5, 5.41) is 7.91. The minimum absolute atomic E-state index is 0.0176. The highest BCUT2D eigenvalue weighted by atomic mass is 32.1. The molecule has 4 nitrogen and oxygen atoms in total. The van der Waals surface area contributed by atoms with Crippen molar-refractivity contribution in [2.45, 2.75) is 46.5 Å². The number of fused-ring (bicyclic) bond motifs is 1. The molecule has 0 saturated carbocycles. The molecule has 3 rings (SSSR count). The Hall–Kier alpha value is -1.49. The summed E-state index contributed by atoms with van der Waals surface area (Å²) < 4.78 is 0. The average molecular weight is 289 g/mol. The number of rotatable bonds is 3. The summed E-state index contributed by atoms with van der Waals surface area (Å²) in [6.45, 7) is 6.22. The summed E-state index contributed by atoms with van der Waals surface area (Å²) in [4.78, 5) is 18.4. The third-order valence-corrected chi connectivity index (χ3v) is 4.62. The van der Waals surface area contributed by atoms with E-state index in [0.29, 0.717) is 12.0 Å². The lowest BCUT2D eigenvalue weighted by Gasteiger charge is -2.16. The highest BCUT2D eigenvalue weighted by Gasteiger charge is 2.24. The molecular formula is C15H19N3OS. The van der Waals surface area contributed by atoms with Crippen LogP contribution in [0.15, 0.2) is 6.20 Å². The maximum atomic E-state index is 12.4. The number of nitrogens with zero attached hydrogens (tertiary/aromatic N) is 2. The summed E-state index contributed by atoms with van der Waals surface area (Å²) >= 11 is 1.69. The van der Waals surface area contributed by atoms with E-state index in [-0.39, 0.29) is 11.2 Å². The van der Waals surface area contributed by atoms with Crippen LogP contribution in [0.4, 0.5) is 0 Å². The number of nitrogens with one attached hydrogen (secondary N) is 1. The molecule has 0 unspecified atom stereocenters. The largest absolute Gasteiger partial charge is 0.294 e. The molecule has 0 amide bonds. The van der Waals surface area contributed by atoms with Gasteiger partial charge in [0.25, 0.3) is 0 Å². The van der Waals surface area contributed by atoms with Crippen molar-refractivity contribution in [2.24, 2.45) is 5.41 Å². The van der Waals surface area contributed by atoms with E-state index in [9.17, 15) is 4.79 Å². The molecule has 0 spiro atoms. The maximum absolute atomic E-state index is 12.4. The van der Waals surface area contributed by atoms with Gasteiger partial charge in [-0.15, -0.1) is 11.3 Å². The first-order valence-corrected chi connectivity index (χ1v) is 7.81. The Bertz CT molecular complexity index is 627. The quantitative estimate of drug-likeness (QED) is 0.878. The van der Waals surface area contributed by atoms with Crippen LogP contribution < -0.4 is 0 Å². The molecule has 0 radical (unpaired) electrons. The van der Waals surface area contributed by atoms with Gasteiger partial charge in [-0.05, 0) is 24.7 Å². The second kappa shape index (κ2) is 4.81. The third-order valence-electron chi connectivity index (χ3n) is 3.44. The van der Waals surface area contributed by atoms with Crippen LogP contribution in [0.1, 0.15) is 54.5 Å². The smallest absolute Gasteiger partial charge is 0.167 e. The number of carbonyl (C=O) groups excluding carboxylic acids is 1. The van der Waals surface area contributed by atoms with Gasteiger partial charge < -0.3 is 0 Å². The summed E-state index contributed by atoms with van der Waals surface area (Å²) in [5.41, 5.74) is 2.65. The lowest BCUT2D eigenvalue weighted by molar-refractivity contribution is 0.0940. The predicted molar refractivity (Wildman–Crippen MR) is 80.1 cm³/mol. The van der Waals surface area contributed by atoms with Gasteiger partial charge in [-0.2, -0.15) is 5.10 Å². The van der Waals surface area contributed by atoms with Crippen LogP contribution in [0, 0.1) is 5.41 Å². The maximum Gasteiger partial charge on any atom is 0.167 e. The lowest BCUT2D eigenvalue weighted by Crippen LogP contribution is -2.13. The van der Waals surface area contributed by atoms with Crippen LogP contribution in [-0.4, -0.2) is 21.0 Å². The Morgan fingerprint density at radius 2 is 2.20 bits per heavy atom. The first-order valence-electron chi connectivity index (χ1n) is 6.99. The van der Waals surface area contributed by atoms with Gasteiger partial charge in [0.15, 0.2) is 5.78 Å². The minimum atomic E-state index is -0.0176. The zero-order valence-electron chi connectivity index (χ0n) is 12.1. The number of H-pyrrole nitrogens is 1. The molecule has 0 atom stereocenters. The van der Waals surface area contributed by atoms with Gasteiger partial charge in [0.1, 0.15) is 10.7 Å². The molecule has 0 aliphatic heterocycles. The van der Waals surface area contributed by atoms with Crippen LogP contribution in [0.3, 0.4) is 0 Å². The second-order valence-electron chi connectivity index (χ2n) is 6.56. The Morgan fingerprint density at radius 1 is 1.40 bits per heavy atom. The first kappa shape index (κ1) is 13.5. The molecule has 0 saturated heterocycles. The number of aromatic amines is 1. The van der Waals surface area contributed by atoms with Gasteiger partial charge in [0.2, 0.25) is 0 Å². The van der Waals surface area contributed by atoms with Crippen LogP contribution >= 0.6 is 11.3 Å². The van der Waals surface area contributed by atoms with Crippen molar-refractivity contribution in [3.63, 3.8) is 0 Å². The fourth-order valence-electron chi connectivity index (χ4n) is 2.53. The van der Waals surface area contributed by atoms with Crippen molar-refractivity contribution < 1.29 is 4.79 Å². The number of ketones is 1. The number of aryl methyl sites for hydroxylation is 2. The van der Waals surface area contributed by atoms with Crippen molar-refractivity contribution in [1.82, 2.24) is 15.2 Å². The minimum Gasteiger partial charge on any atom is -0.294 e. The molecule has 2 aromatic heterocycles. The van der Waals surface area contributed by atoms with Gasteiger partial charge in [0, 0.05) is 11.3 Å². The Morgan fingerprint density at radius 3 is 2.90 bits per heavy atom. The monoisotopic (exact) mass is 289 g/mol. The summed E-state index contributed by atoms with van der Waals surface area (Å²) in [6.07, 6.45) is 5.53. The van der Waals surface area contributed by atoms with Crippen LogP contribution in [-0.2, 0) is 12.8 Å². The molecule has 106 valence electrons. The number of aromatic nitrogens is 3. The lowest BCUT2D eigenvalue weighted by atomic mass is 9.88. The Kier molecular flexibility index (Phi) is 3.24. The number of Topliss-reactive ketones (excluding diaryl/α,β-unsaturated/α-hetero) is 1. The van der Waals surface area contributed by atoms with Gasteiger partial charge in [-0.25, -0.2) is 4.98 Å². The van der Waals surface area contributed by atoms with Crippen molar-refractivity contribution in [2.75, 3.05) is 0 Å². The molecule has 0 bridgehead atoms. The number of hydrogen-bond donors (Lipinski definition) is 1. The second-order valence-corrected chi connectivity index (χ2v) is 7.65. The van der Waals surface area contributed by atoms with Crippen LogP contribution in [0.2, 0.25) is 0 Å². The standard InChI is InChI=1S/C15H19N3OS/c1-15(2,3)7-11(19)9-8-16-18-13(9)14-17-10-5-4-6-12(10)20-14/h8H,4-7H2,1-3H3,(H,16,18). The molecule has 2 heterocycles. The van der Waals surface area contributed by atoms with E-state index in [2.05, 4.69) is 36.0 Å². The first-order chi connectivity index (χ1) is 9.44. The zero-order chi connectivity index (χ0) is 14.3. The summed E-state index contributed by atoms with van der Waals surface area (Å²) in [6, 6.07) is 0. The highest BCUT2D eigenvalue weighted by molar-refractivity contribution is 7.15. The summed E-state index contributed by atoms with van der Waals surface area (Å²) in [7, 11) is 0. The van der Waals surface area contributed by atoms with E-state index < -0.39 is 0 Å². The SMILES string of the molecule is CC(C)(C)CC(=O)c1cn[nH]c1-c1nc2c(s1)CCC2. The van der Waals surface area contributed by atoms with Gasteiger partial charge >= 0.3 is 0 Å². The number of carbonyl (C=O) groups is 1. The number of thiazole rings is 1. The van der Waals surface area contributed by atoms with Crippen LogP contribution in [0.5, 0.6) is 0 Å². The average Bonchev–Trinajstić information content (AvgIpc) is 3.00. The molecule has 1 aliphatic carbocycles. The molecule has 1 N–H and O–H groups in total. The fraction of sp³-hybridized carbons (Fsp3) is 0.533. The van der Waals surface area contributed by atoms with Crippen molar-refractivity contribution >= 4 is 17.1 Å². The van der Waals surface area contributed by atoms with Crippen molar-refractivity contribution in [3.8, 4) is 10.7 Å². The van der Waals surface area contributed by atoms with E-state index in [4.69, 9.17) is 0 Å². The van der Waals surface area contributed by atoms with E-state index in [1.807, 2.05) is 0 Å². The van der Waals surface area contributed by atoms with Gasteiger partial charge in [-0.3, -0.25) is 9.89 Å². The Labute approximate surface area is 122 Å². The molecule has 1 aliphatic rings. The molecular weight excluding hydrogens is 270 g/mol. The highest BCUT2D eigenvalue weighted by Crippen LogP contribution is 2.34. The Balaban J connectivity index is 1.91. The van der Waals surface area contributed by atoms with E-state index >= 15 is 0 Å². The van der Waals surface area contributed by atoms with Gasteiger partial charge in [0.05, 0.1) is 17.5 Å². The molecule has 0 aromatic carbocycles. The summed E-state index contributed by atoms with van der Waals surface area (Å²) in [5.74, 6) is 0.136. The van der Waals surface area contributed by atoms with E-state index in [1.54, 1.807) is 17.5 Å². The third kappa shape index (κ3) is 2.54. The van der Waals surface area contributed by atoms with E-state index in [0.717, 1.165) is 23.5 Å². The van der Waals surface area contributed by atoms with Gasteiger partial charge in [-0.1, -0.05) is 20.8 Å². The van der Waals surface area contributed by atoms with Crippen molar-refractivity contribution in [3.05, 3.63) is 22.3 Å². The molecule has 5 heteroatoms. The van der Waals surface area contributed by atoms with Crippen LogP contribution in [0.25, 0.3) is 10.7 Å². The normalized spacial score (nSPS) is 14.6.